The van der Waals surface area contributed by atoms with E-state index in [1.165, 1.54) is 0 Å². The highest BCUT2D eigenvalue weighted by atomic mass is 35.5. The minimum atomic E-state index is 0.237. The van der Waals surface area contributed by atoms with Crippen molar-refractivity contribution in [2.75, 3.05) is 31.9 Å². The third-order valence-electron chi connectivity index (χ3n) is 4.07. The largest absolute Gasteiger partial charge is 0.494 e. The maximum absolute atomic E-state index is 11.8. The van der Waals surface area contributed by atoms with Crippen LogP contribution in [-0.4, -0.2) is 52.2 Å². The number of aromatic nitrogens is 4. The third-order valence-corrected chi connectivity index (χ3v) is 4.27. The van der Waals surface area contributed by atoms with Crippen LogP contribution in [0.2, 0.25) is 5.15 Å². The summed E-state index contributed by atoms with van der Waals surface area (Å²) < 4.78 is 7.35. The monoisotopic (exact) mass is 445 g/mol. The SMILES string of the molecule is CC.COc1c(Nc2cc(Cl)nc(NN(C)C)c2C=O)cccc1-c1nc(C)nn1C. The van der Waals surface area contributed by atoms with E-state index in [4.69, 9.17) is 16.3 Å². The molecular formula is C21H28ClN7O2. The molecular weight excluding hydrogens is 418 g/mol. The third kappa shape index (κ3) is 5.50. The molecule has 0 unspecified atom stereocenters. The molecule has 0 spiro atoms. The number of carbonyl (C=O) groups excluding carboxylic acids is 1. The van der Waals surface area contributed by atoms with E-state index in [1.54, 1.807) is 37.0 Å². The molecule has 3 rings (SSSR count). The minimum Gasteiger partial charge on any atom is -0.494 e. The van der Waals surface area contributed by atoms with E-state index in [9.17, 15) is 4.79 Å². The fourth-order valence-corrected chi connectivity index (χ4v) is 3.16. The zero-order valence-corrected chi connectivity index (χ0v) is 19.6. The molecule has 0 aliphatic heterocycles. The van der Waals surface area contributed by atoms with Crippen molar-refractivity contribution in [3.8, 4) is 17.1 Å². The maximum atomic E-state index is 11.8. The summed E-state index contributed by atoms with van der Waals surface area (Å²) in [6, 6.07) is 7.19. The lowest BCUT2D eigenvalue weighted by Gasteiger charge is -2.19. The molecule has 0 saturated heterocycles. The lowest BCUT2D eigenvalue weighted by atomic mass is 10.1. The number of benzene rings is 1. The second kappa shape index (κ2) is 10.7. The number of hydrogen-bond donors (Lipinski definition) is 2. The average molecular weight is 446 g/mol. The van der Waals surface area contributed by atoms with Crippen molar-refractivity contribution in [3.05, 3.63) is 40.8 Å². The first kappa shape index (κ1) is 24.1. The van der Waals surface area contributed by atoms with Crippen LogP contribution < -0.4 is 15.5 Å². The van der Waals surface area contributed by atoms with Crippen LogP contribution in [0.3, 0.4) is 0 Å². The first-order valence-electron chi connectivity index (χ1n) is 9.75. The molecule has 0 fully saturated rings. The van der Waals surface area contributed by atoms with Gasteiger partial charge in [0.15, 0.2) is 23.7 Å². The number of pyridine rings is 1. The topological polar surface area (TPSA) is 97.2 Å². The smallest absolute Gasteiger partial charge is 0.161 e. The quantitative estimate of drug-likeness (QED) is 0.315. The van der Waals surface area contributed by atoms with E-state index < -0.39 is 0 Å². The van der Waals surface area contributed by atoms with E-state index in [2.05, 4.69) is 25.8 Å². The van der Waals surface area contributed by atoms with Crippen LogP contribution in [0.25, 0.3) is 11.4 Å². The Balaban J connectivity index is 0.00000166. The van der Waals surface area contributed by atoms with Crippen molar-refractivity contribution in [1.29, 1.82) is 0 Å². The number of nitrogens with one attached hydrogen (secondary N) is 2. The zero-order valence-electron chi connectivity index (χ0n) is 18.8. The number of methoxy groups -OCH3 is 1. The Morgan fingerprint density at radius 1 is 1.19 bits per heavy atom. The number of aldehydes is 1. The molecule has 0 radical (unpaired) electrons. The molecule has 10 heteroatoms. The number of halogens is 1. The van der Waals surface area contributed by atoms with Gasteiger partial charge in [0.2, 0.25) is 0 Å². The molecule has 2 heterocycles. The van der Waals surface area contributed by atoms with E-state index in [-0.39, 0.29) is 5.15 Å². The maximum Gasteiger partial charge on any atom is 0.161 e. The molecule has 0 saturated carbocycles. The number of rotatable bonds is 7. The van der Waals surface area contributed by atoms with Gasteiger partial charge in [0, 0.05) is 21.1 Å². The number of carbonyl (C=O) groups is 1. The molecule has 0 aliphatic carbocycles. The Hall–Kier alpha value is -3.17. The number of nitrogens with zero attached hydrogens (tertiary/aromatic N) is 5. The van der Waals surface area contributed by atoms with Gasteiger partial charge in [-0.3, -0.25) is 4.79 Å². The van der Waals surface area contributed by atoms with Crippen LogP contribution in [0.5, 0.6) is 5.75 Å². The number of para-hydroxylation sites is 1. The van der Waals surface area contributed by atoms with Gasteiger partial charge in [-0.25, -0.2) is 19.7 Å². The van der Waals surface area contributed by atoms with E-state index in [0.29, 0.717) is 40.2 Å². The Kier molecular flexibility index (Phi) is 8.35. The van der Waals surface area contributed by atoms with Gasteiger partial charge in [-0.1, -0.05) is 31.5 Å². The standard InChI is InChI=1S/C19H22ClN7O2.C2H6/c1-11-21-19(27(4)24-11)12-7-6-8-14(17(12)29-5)22-15-9-16(20)23-18(13(15)10-28)25-26(2)3;1-2/h6-10H,1-5H3,(H2,22,23,25);1-2H3. The van der Waals surface area contributed by atoms with Gasteiger partial charge in [0.25, 0.3) is 0 Å². The van der Waals surface area contributed by atoms with E-state index in [0.717, 1.165) is 11.8 Å². The van der Waals surface area contributed by atoms with Gasteiger partial charge in [-0.15, -0.1) is 0 Å². The highest BCUT2D eigenvalue weighted by molar-refractivity contribution is 6.30. The summed E-state index contributed by atoms with van der Waals surface area (Å²) >= 11 is 6.17. The normalized spacial score (nSPS) is 10.4. The fourth-order valence-electron chi connectivity index (χ4n) is 2.97. The molecule has 0 atom stereocenters. The molecule has 0 aliphatic rings. The molecule has 2 aromatic heterocycles. The lowest BCUT2D eigenvalue weighted by Crippen LogP contribution is -2.22. The van der Waals surface area contributed by atoms with Crippen LogP contribution >= 0.6 is 11.6 Å². The van der Waals surface area contributed by atoms with Crippen molar-refractivity contribution in [2.45, 2.75) is 20.8 Å². The Labute approximate surface area is 187 Å². The molecule has 0 bridgehead atoms. The second-order valence-corrected chi connectivity index (χ2v) is 6.88. The summed E-state index contributed by atoms with van der Waals surface area (Å²) in [6.45, 7) is 5.83. The van der Waals surface area contributed by atoms with Crippen molar-refractivity contribution >= 4 is 35.1 Å². The zero-order chi connectivity index (χ0) is 23.1. The lowest BCUT2D eigenvalue weighted by molar-refractivity contribution is 0.112. The number of ether oxygens (including phenoxy) is 1. The molecule has 2 N–H and O–H groups in total. The summed E-state index contributed by atoms with van der Waals surface area (Å²) in [5.41, 5.74) is 5.22. The van der Waals surface area contributed by atoms with Gasteiger partial charge in [0.05, 0.1) is 29.6 Å². The first-order chi connectivity index (χ1) is 14.8. The summed E-state index contributed by atoms with van der Waals surface area (Å²) in [5.74, 6) is 2.24. The van der Waals surface area contributed by atoms with Gasteiger partial charge < -0.3 is 15.5 Å². The summed E-state index contributed by atoms with van der Waals surface area (Å²) in [5, 5.41) is 9.45. The van der Waals surface area contributed by atoms with Gasteiger partial charge >= 0.3 is 0 Å². The second-order valence-electron chi connectivity index (χ2n) is 6.50. The first-order valence-corrected chi connectivity index (χ1v) is 10.1. The molecule has 166 valence electrons. The van der Waals surface area contributed by atoms with E-state index >= 15 is 0 Å². The van der Waals surface area contributed by atoms with Crippen LogP contribution in [-0.2, 0) is 7.05 Å². The Bertz CT molecular complexity index is 1050. The van der Waals surface area contributed by atoms with Crippen LogP contribution in [0, 0.1) is 6.92 Å². The Morgan fingerprint density at radius 2 is 1.90 bits per heavy atom. The number of aryl methyl sites for hydroxylation is 2. The predicted molar refractivity (Wildman–Crippen MR) is 124 cm³/mol. The van der Waals surface area contributed by atoms with Gasteiger partial charge in [-0.05, 0) is 25.1 Å². The number of anilines is 3. The molecule has 31 heavy (non-hydrogen) atoms. The van der Waals surface area contributed by atoms with Gasteiger partial charge in [-0.2, -0.15) is 5.10 Å². The van der Waals surface area contributed by atoms with E-state index in [1.807, 2.05) is 46.0 Å². The summed E-state index contributed by atoms with van der Waals surface area (Å²) in [4.78, 5) is 20.5. The summed E-state index contributed by atoms with van der Waals surface area (Å²) in [6.07, 6.45) is 0.722. The molecule has 1 aromatic carbocycles. The summed E-state index contributed by atoms with van der Waals surface area (Å²) in [7, 11) is 6.98. The Morgan fingerprint density at radius 3 is 2.45 bits per heavy atom. The van der Waals surface area contributed by atoms with Crippen molar-refractivity contribution in [3.63, 3.8) is 0 Å². The van der Waals surface area contributed by atoms with Crippen LogP contribution in [0.4, 0.5) is 17.2 Å². The average Bonchev–Trinajstić information content (AvgIpc) is 3.06. The predicted octanol–water partition coefficient (Wildman–Crippen LogP) is 4.32. The number of hydrazine groups is 1. The number of hydrogen-bond acceptors (Lipinski definition) is 8. The molecule has 0 amide bonds. The van der Waals surface area contributed by atoms with Crippen molar-refractivity contribution in [2.24, 2.45) is 7.05 Å². The molecule has 3 aromatic rings. The van der Waals surface area contributed by atoms with Gasteiger partial charge in [0.1, 0.15) is 11.0 Å². The van der Waals surface area contributed by atoms with Crippen LogP contribution in [0.1, 0.15) is 30.0 Å². The van der Waals surface area contributed by atoms with Crippen molar-refractivity contribution < 1.29 is 9.53 Å². The van der Waals surface area contributed by atoms with Crippen LogP contribution in [0.15, 0.2) is 24.3 Å². The fraction of sp³-hybridized carbons (Fsp3) is 0.333. The highest BCUT2D eigenvalue weighted by Gasteiger charge is 2.18. The van der Waals surface area contributed by atoms with Crippen molar-refractivity contribution in [1.82, 2.24) is 24.8 Å². The molecule has 9 nitrogen and oxygen atoms in total. The highest BCUT2D eigenvalue weighted by Crippen LogP contribution is 2.38. The minimum absolute atomic E-state index is 0.237.